The Morgan fingerprint density at radius 2 is 2.17 bits per heavy atom. The number of esters is 1. The number of ketones is 1. The summed E-state index contributed by atoms with van der Waals surface area (Å²) >= 11 is 1.28. The van der Waals surface area contributed by atoms with Crippen molar-refractivity contribution in [3.8, 4) is 6.07 Å². The van der Waals surface area contributed by atoms with Crippen LogP contribution in [0.1, 0.15) is 21.5 Å². The third-order valence-corrected chi connectivity index (χ3v) is 3.04. The number of thiophene rings is 1. The fraction of sp³-hybridized carbons (Fsp3) is 0.250. The van der Waals surface area contributed by atoms with Crippen molar-refractivity contribution in [1.82, 2.24) is 0 Å². The monoisotopic (exact) mass is 264 g/mol. The van der Waals surface area contributed by atoms with E-state index in [1.54, 1.807) is 18.2 Å². The summed E-state index contributed by atoms with van der Waals surface area (Å²) < 4.78 is 4.82. The second-order valence-corrected chi connectivity index (χ2v) is 4.87. The molecule has 6 heteroatoms. The molecule has 0 aliphatic heterocycles. The smallest absolute Gasteiger partial charge is 0.348 e. The van der Waals surface area contributed by atoms with Gasteiger partial charge in [-0.1, -0.05) is 0 Å². The Morgan fingerprint density at radius 1 is 1.50 bits per heavy atom. The Balaban J connectivity index is 2.62. The van der Waals surface area contributed by atoms with Crippen LogP contribution in [0.4, 0.5) is 0 Å². The highest BCUT2D eigenvalue weighted by Gasteiger charge is 2.16. The van der Waals surface area contributed by atoms with E-state index in [1.807, 2.05) is 6.92 Å². The molecule has 1 aromatic heterocycles. The minimum absolute atomic E-state index is 0.116. The molecule has 0 aliphatic rings. The molecule has 5 nitrogen and oxygen atoms in total. The van der Waals surface area contributed by atoms with Crippen molar-refractivity contribution in [2.75, 3.05) is 6.61 Å². The van der Waals surface area contributed by atoms with E-state index in [0.717, 1.165) is 4.88 Å². The van der Waals surface area contributed by atoms with Crippen molar-refractivity contribution in [2.45, 2.75) is 13.8 Å². The lowest BCUT2D eigenvalue weighted by Crippen LogP contribution is -2.17. The van der Waals surface area contributed by atoms with Crippen LogP contribution in [0.5, 0.6) is 0 Å². The molecule has 1 heterocycles. The molecule has 0 spiro atoms. The average molecular weight is 264 g/mol. The molecule has 0 saturated carbocycles. The molecule has 0 amide bonds. The number of Topliss-reactive ketones (excluding diaryl/α,β-unsaturated/α-hetero) is 1. The molecule has 18 heavy (non-hydrogen) atoms. The van der Waals surface area contributed by atoms with Gasteiger partial charge in [-0.25, -0.2) is 4.79 Å². The van der Waals surface area contributed by atoms with Gasteiger partial charge in [-0.3, -0.25) is 4.79 Å². The predicted octanol–water partition coefficient (Wildman–Crippen LogP) is 1.54. The first-order valence-corrected chi connectivity index (χ1v) is 5.90. The quantitative estimate of drug-likeness (QED) is 0.506. The molecule has 0 aliphatic carbocycles. The number of carbonyl (C=O) groups excluding carboxylic acids is 2. The highest BCUT2D eigenvalue weighted by Crippen LogP contribution is 2.16. The number of nitriles is 1. The lowest BCUT2D eigenvalue weighted by atomic mass is 10.1. The van der Waals surface area contributed by atoms with Crippen molar-refractivity contribution < 1.29 is 14.3 Å². The lowest BCUT2D eigenvalue weighted by molar-refractivity contribution is -0.118. The number of nitrogens with zero attached hydrogens (tertiary/aromatic N) is 1. The molecular weight excluding hydrogens is 252 g/mol. The van der Waals surface area contributed by atoms with Crippen LogP contribution in [0.25, 0.3) is 0 Å². The first-order valence-electron chi connectivity index (χ1n) is 5.09. The van der Waals surface area contributed by atoms with Crippen LogP contribution in [0.2, 0.25) is 0 Å². The highest BCUT2D eigenvalue weighted by atomic mass is 32.1. The van der Waals surface area contributed by atoms with Crippen molar-refractivity contribution in [3.63, 3.8) is 0 Å². The van der Waals surface area contributed by atoms with E-state index in [-0.39, 0.29) is 11.3 Å². The van der Waals surface area contributed by atoms with E-state index < -0.39 is 18.4 Å². The van der Waals surface area contributed by atoms with E-state index >= 15 is 0 Å². The maximum absolute atomic E-state index is 11.5. The number of rotatable bonds is 4. The molecule has 0 aromatic carbocycles. The molecule has 94 valence electrons. The van der Waals surface area contributed by atoms with Crippen molar-refractivity contribution in [2.24, 2.45) is 5.73 Å². The summed E-state index contributed by atoms with van der Waals surface area (Å²) in [5.41, 5.74) is 5.31. The third kappa shape index (κ3) is 3.43. The Hall–Kier alpha value is -2.13. The summed E-state index contributed by atoms with van der Waals surface area (Å²) in [7, 11) is 0. The lowest BCUT2D eigenvalue weighted by Gasteiger charge is -2.02. The van der Waals surface area contributed by atoms with Gasteiger partial charge in [0.2, 0.25) is 5.78 Å². The average Bonchev–Trinajstić information content (AvgIpc) is 2.73. The van der Waals surface area contributed by atoms with Gasteiger partial charge in [0.1, 0.15) is 16.5 Å². The summed E-state index contributed by atoms with van der Waals surface area (Å²) in [4.78, 5) is 24.5. The second kappa shape index (κ2) is 5.98. The fourth-order valence-corrected chi connectivity index (χ4v) is 1.95. The van der Waals surface area contributed by atoms with Crippen LogP contribution >= 0.6 is 11.3 Å². The predicted molar refractivity (Wildman–Crippen MR) is 66.8 cm³/mol. The molecule has 1 aromatic rings. The van der Waals surface area contributed by atoms with Gasteiger partial charge in [0.15, 0.2) is 6.61 Å². The fourth-order valence-electron chi connectivity index (χ4n) is 1.19. The molecular formula is C12H12N2O3S. The number of allylic oxidation sites excluding steroid dienone is 1. The molecule has 0 radical (unpaired) electrons. The van der Waals surface area contributed by atoms with Crippen molar-refractivity contribution in [3.05, 3.63) is 33.2 Å². The van der Waals surface area contributed by atoms with Gasteiger partial charge in [0.25, 0.3) is 0 Å². The Morgan fingerprint density at radius 3 is 2.61 bits per heavy atom. The van der Waals surface area contributed by atoms with Crippen LogP contribution in [-0.4, -0.2) is 18.4 Å². The minimum atomic E-state index is -0.598. The van der Waals surface area contributed by atoms with Crippen LogP contribution in [0.3, 0.4) is 0 Å². The first kappa shape index (κ1) is 13.9. The van der Waals surface area contributed by atoms with Gasteiger partial charge in [-0.15, -0.1) is 11.3 Å². The van der Waals surface area contributed by atoms with E-state index in [2.05, 4.69) is 0 Å². The maximum atomic E-state index is 11.5. The summed E-state index contributed by atoms with van der Waals surface area (Å²) in [5, 5.41) is 8.71. The molecule has 0 bridgehead atoms. The SMILES string of the molecule is C/C(N)=C(\C#N)C(=O)COC(=O)c1ccc(C)s1. The number of aryl methyl sites for hydroxylation is 1. The van der Waals surface area contributed by atoms with Crippen molar-refractivity contribution in [1.29, 1.82) is 5.26 Å². The molecule has 0 saturated heterocycles. The topological polar surface area (TPSA) is 93.2 Å². The molecule has 1 rings (SSSR count). The Labute approximate surface area is 108 Å². The van der Waals surface area contributed by atoms with Gasteiger partial charge in [0, 0.05) is 10.6 Å². The van der Waals surface area contributed by atoms with Gasteiger partial charge in [-0.2, -0.15) is 5.26 Å². The van der Waals surface area contributed by atoms with Crippen LogP contribution in [0.15, 0.2) is 23.4 Å². The summed E-state index contributed by atoms with van der Waals surface area (Å²) in [6, 6.07) is 5.10. The maximum Gasteiger partial charge on any atom is 0.348 e. The van der Waals surface area contributed by atoms with Gasteiger partial charge in [-0.05, 0) is 26.0 Å². The van der Waals surface area contributed by atoms with Gasteiger partial charge < -0.3 is 10.5 Å². The summed E-state index contributed by atoms with van der Waals surface area (Å²) in [6.45, 7) is 2.83. The number of hydrogen-bond donors (Lipinski definition) is 1. The van der Waals surface area contributed by atoms with Gasteiger partial charge in [0.05, 0.1) is 0 Å². The van der Waals surface area contributed by atoms with E-state index in [1.165, 1.54) is 18.3 Å². The number of nitrogens with two attached hydrogens (primary N) is 1. The minimum Gasteiger partial charge on any atom is -0.453 e. The van der Waals surface area contributed by atoms with E-state index in [9.17, 15) is 9.59 Å². The standard InChI is InChI=1S/C12H12N2O3S/c1-7-3-4-11(18-7)12(16)17-6-10(15)9(5-13)8(2)14/h3-4H,6,14H2,1-2H3/b9-8-. The van der Waals surface area contributed by atoms with Gasteiger partial charge >= 0.3 is 5.97 Å². The zero-order chi connectivity index (χ0) is 13.7. The van der Waals surface area contributed by atoms with Crippen molar-refractivity contribution >= 4 is 23.1 Å². The normalized spacial score (nSPS) is 11.4. The Bertz CT molecular complexity index is 548. The second-order valence-electron chi connectivity index (χ2n) is 3.58. The number of ether oxygens (including phenoxy) is 1. The number of carbonyl (C=O) groups is 2. The largest absolute Gasteiger partial charge is 0.453 e. The van der Waals surface area contributed by atoms with Crippen LogP contribution < -0.4 is 5.73 Å². The molecule has 0 fully saturated rings. The summed E-state index contributed by atoms with van der Waals surface area (Å²) in [6.07, 6.45) is 0. The number of hydrogen-bond acceptors (Lipinski definition) is 6. The molecule has 0 unspecified atom stereocenters. The first-order chi connectivity index (χ1) is 8.45. The van der Waals surface area contributed by atoms with Crippen LogP contribution in [-0.2, 0) is 9.53 Å². The molecule has 0 atom stereocenters. The van der Waals surface area contributed by atoms with E-state index in [4.69, 9.17) is 15.7 Å². The van der Waals surface area contributed by atoms with E-state index in [0.29, 0.717) is 4.88 Å². The zero-order valence-electron chi connectivity index (χ0n) is 10.0. The third-order valence-electron chi connectivity index (χ3n) is 2.06. The zero-order valence-corrected chi connectivity index (χ0v) is 10.8. The van der Waals surface area contributed by atoms with Crippen LogP contribution in [0, 0.1) is 18.3 Å². The molecule has 2 N–H and O–H groups in total. The Kier molecular flexibility index (Phi) is 4.63. The highest BCUT2D eigenvalue weighted by molar-refractivity contribution is 7.13. The summed E-state index contributed by atoms with van der Waals surface area (Å²) in [5.74, 6) is -1.17.